The maximum absolute atomic E-state index is 2.59. The van der Waals surface area contributed by atoms with Crippen molar-refractivity contribution in [2.75, 3.05) is 4.90 Å². The molecule has 0 unspecified atom stereocenters. The van der Waals surface area contributed by atoms with Crippen LogP contribution < -0.4 is 4.90 Å². The Morgan fingerprint density at radius 1 is 0.333 bits per heavy atom. The van der Waals surface area contributed by atoms with E-state index in [1.807, 2.05) is 0 Å². The first-order valence-electron chi connectivity index (χ1n) is 22.9. The van der Waals surface area contributed by atoms with Crippen LogP contribution in [0.2, 0.25) is 0 Å². The molecule has 1 aliphatic rings. The van der Waals surface area contributed by atoms with E-state index in [9.17, 15) is 0 Å². The summed E-state index contributed by atoms with van der Waals surface area (Å²) in [6, 6.07) is 38.8. The maximum Gasteiger partial charge on any atom is 0.0465 e. The predicted octanol–water partition coefficient (Wildman–Crippen LogP) is 17.6. The summed E-state index contributed by atoms with van der Waals surface area (Å²) in [6.07, 6.45) is 36.1. The van der Waals surface area contributed by atoms with Gasteiger partial charge in [-0.3, -0.25) is 0 Å². The Morgan fingerprint density at radius 2 is 0.704 bits per heavy atom. The Morgan fingerprint density at radius 3 is 1.15 bits per heavy atom. The fourth-order valence-electron chi connectivity index (χ4n) is 9.38. The van der Waals surface area contributed by atoms with Crippen molar-refractivity contribution < 1.29 is 0 Å². The van der Waals surface area contributed by atoms with Crippen LogP contribution in [0.3, 0.4) is 0 Å². The first-order valence-corrected chi connectivity index (χ1v) is 22.9. The van der Waals surface area contributed by atoms with Gasteiger partial charge in [-0.05, 0) is 71.5 Å². The molecule has 1 heteroatoms. The van der Waals surface area contributed by atoms with Gasteiger partial charge in [0.15, 0.2) is 0 Å². The van der Waals surface area contributed by atoms with Gasteiger partial charge in [-0.2, -0.15) is 0 Å². The lowest BCUT2D eigenvalue weighted by Gasteiger charge is -2.34. The van der Waals surface area contributed by atoms with E-state index in [1.54, 1.807) is 11.1 Å². The predicted molar refractivity (Wildman–Crippen MR) is 239 cm³/mol. The highest BCUT2D eigenvalue weighted by molar-refractivity contribution is 5.85. The van der Waals surface area contributed by atoms with Crippen LogP contribution in [0.4, 0.5) is 17.1 Å². The van der Waals surface area contributed by atoms with Crippen molar-refractivity contribution in [3.63, 3.8) is 0 Å². The van der Waals surface area contributed by atoms with E-state index in [4.69, 9.17) is 0 Å². The average molecular weight is 726 g/mol. The summed E-state index contributed by atoms with van der Waals surface area (Å²) in [5, 5.41) is 0. The molecule has 0 fully saturated rings. The van der Waals surface area contributed by atoms with Crippen molar-refractivity contribution in [2.45, 2.75) is 186 Å². The molecular weight excluding hydrogens is 651 g/mol. The minimum Gasteiger partial charge on any atom is -0.310 e. The molecule has 0 atom stereocenters. The zero-order chi connectivity index (χ0) is 37.5. The molecule has 5 rings (SSSR count). The molecule has 0 heterocycles. The lowest BCUT2D eigenvalue weighted by molar-refractivity contribution is 0.397. The molecule has 0 spiro atoms. The third-order valence-corrected chi connectivity index (χ3v) is 12.5. The standard InChI is InChI=1S/C53H75N/c1-3-5-7-9-11-13-15-17-19-21-23-33-43-53(44-34-24-22-20-18-16-14-12-10-8-6-4-2)51-40-32-31-39-49(51)50-42-41-48(45-52(50)53)54(46-35-27-25-28-36-46)47-37-29-26-30-38-47/h25-32,35-42,45H,3-24,33-34,43-44H2,1-2H3. The molecule has 0 aliphatic heterocycles. The fraction of sp³-hybridized carbons (Fsp3) is 0.547. The molecule has 0 N–H and O–H groups in total. The van der Waals surface area contributed by atoms with Crippen molar-refractivity contribution in [1.82, 2.24) is 0 Å². The highest BCUT2D eigenvalue weighted by atomic mass is 15.1. The topological polar surface area (TPSA) is 3.24 Å². The van der Waals surface area contributed by atoms with Crippen molar-refractivity contribution in [3.05, 3.63) is 114 Å². The molecule has 292 valence electrons. The molecular formula is C53H75N. The molecule has 4 aromatic carbocycles. The summed E-state index contributed by atoms with van der Waals surface area (Å²) in [7, 11) is 0. The van der Waals surface area contributed by atoms with Crippen LogP contribution in [-0.2, 0) is 5.41 Å². The zero-order valence-electron chi connectivity index (χ0n) is 34.6. The Bertz CT molecular complexity index is 1490. The van der Waals surface area contributed by atoms with Crippen molar-refractivity contribution in [2.24, 2.45) is 0 Å². The number of para-hydroxylation sites is 2. The number of rotatable bonds is 29. The second-order valence-corrected chi connectivity index (χ2v) is 16.6. The lowest BCUT2D eigenvalue weighted by atomic mass is 9.70. The molecule has 0 saturated carbocycles. The van der Waals surface area contributed by atoms with Crippen molar-refractivity contribution >= 4 is 17.1 Å². The molecule has 0 saturated heterocycles. The lowest BCUT2D eigenvalue weighted by Crippen LogP contribution is -2.26. The van der Waals surface area contributed by atoms with Crippen LogP contribution in [-0.4, -0.2) is 0 Å². The summed E-state index contributed by atoms with van der Waals surface area (Å²) in [5.74, 6) is 0. The van der Waals surface area contributed by atoms with E-state index in [1.165, 1.54) is 195 Å². The molecule has 54 heavy (non-hydrogen) atoms. The van der Waals surface area contributed by atoms with Crippen LogP contribution in [0.1, 0.15) is 192 Å². The number of benzene rings is 4. The van der Waals surface area contributed by atoms with Gasteiger partial charge in [0.25, 0.3) is 0 Å². The van der Waals surface area contributed by atoms with Crippen LogP contribution >= 0.6 is 0 Å². The summed E-state index contributed by atoms with van der Waals surface area (Å²) in [4.78, 5) is 2.46. The number of nitrogens with zero attached hydrogens (tertiary/aromatic N) is 1. The van der Waals surface area contributed by atoms with E-state index in [-0.39, 0.29) is 5.41 Å². The van der Waals surface area contributed by atoms with Gasteiger partial charge in [-0.25, -0.2) is 0 Å². The molecule has 0 bridgehead atoms. The third-order valence-electron chi connectivity index (χ3n) is 12.5. The number of unbranched alkanes of at least 4 members (excludes halogenated alkanes) is 22. The summed E-state index contributed by atoms with van der Waals surface area (Å²) in [6.45, 7) is 4.63. The molecule has 1 nitrogen and oxygen atoms in total. The van der Waals surface area contributed by atoms with Gasteiger partial charge >= 0.3 is 0 Å². The minimum absolute atomic E-state index is 0.0813. The molecule has 0 radical (unpaired) electrons. The first-order chi connectivity index (χ1) is 26.8. The van der Waals surface area contributed by atoms with Gasteiger partial charge in [0, 0.05) is 22.5 Å². The van der Waals surface area contributed by atoms with Crippen LogP contribution in [0, 0.1) is 0 Å². The van der Waals surface area contributed by atoms with E-state index in [0.29, 0.717) is 0 Å². The molecule has 1 aliphatic carbocycles. The number of hydrogen-bond acceptors (Lipinski definition) is 1. The van der Waals surface area contributed by atoms with Crippen LogP contribution in [0.5, 0.6) is 0 Å². The summed E-state index contributed by atoms with van der Waals surface area (Å²) >= 11 is 0. The van der Waals surface area contributed by atoms with Crippen LogP contribution in [0.25, 0.3) is 11.1 Å². The smallest absolute Gasteiger partial charge is 0.0465 e. The van der Waals surface area contributed by atoms with E-state index >= 15 is 0 Å². The summed E-state index contributed by atoms with van der Waals surface area (Å²) < 4.78 is 0. The van der Waals surface area contributed by atoms with Gasteiger partial charge in [0.2, 0.25) is 0 Å². The monoisotopic (exact) mass is 726 g/mol. The van der Waals surface area contributed by atoms with Crippen LogP contribution in [0.15, 0.2) is 103 Å². The van der Waals surface area contributed by atoms with E-state index in [2.05, 4.69) is 122 Å². The van der Waals surface area contributed by atoms with Gasteiger partial charge in [0.1, 0.15) is 0 Å². The SMILES string of the molecule is CCCCCCCCCCCCCCC1(CCCCCCCCCCCCCC)c2ccccc2-c2ccc(N(c3ccccc3)c3ccccc3)cc21. The highest BCUT2D eigenvalue weighted by Gasteiger charge is 2.42. The maximum atomic E-state index is 2.59. The number of fused-ring (bicyclic) bond motifs is 3. The number of hydrogen-bond donors (Lipinski definition) is 0. The molecule has 4 aromatic rings. The summed E-state index contributed by atoms with van der Waals surface area (Å²) in [5.41, 5.74) is 9.89. The highest BCUT2D eigenvalue weighted by Crippen LogP contribution is 2.55. The normalized spacial score (nSPS) is 12.9. The van der Waals surface area contributed by atoms with Crippen molar-refractivity contribution in [1.29, 1.82) is 0 Å². The minimum atomic E-state index is 0.0813. The Kier molecular flexibility index (Phi) is 18.8. The van der Waals surface area contributed by atoms with Gasteiger partial charge in [-0.15, -0.1) is 0 Å². The fourth-order valence-corrected chi connectivity index (χ4v) is 9.38. The second kappa shape index (κ2) is 24.2. The number of anilines is 3. The second-order valence-electron chi connectivity index (χ2n) is 16.6. The van der Waals surface area contributed by atoms with E-state index < -0.39 is 0 Å². The van der Waals surface area contributed by atoms with Gasteiger partial charge in [0.05, 0.1) is 0 Å². The zero-order valence-corrected chi connectivity index (χ0v) is 34.6. The third kappa shape index (κ3) is 12.3. The average Bonchev–Trinajstić information content (AvgIpc) is 3.48. The largest absolute Gasteiger partial charge is 0.310 e. The van der Waals surface area contributed by atoms with E-state index in [0.717, 1.165) is 0 Å². The Hall–Kier alpha value is -3.32. The molecule has 0 amide bonds. The first kappa shape index (κ1) is 41.8. The van der Waals surface area contributed by atoms with Crippen molar-refractivity contribution in [3.8, 4) is 11.1 Å². The quantitative estimate of drug-likeness (QED) is 0.0504. The Labute approximate surface area is 332 Å². The van der Waals surface area contributed by atoms with Gasteiger partial charge < -0.3 is 4.90 Å². The molecule has 0 aromatic heterocycles. The Balaban J connectivity index is 1.29. The van der Waals surface area contributed by atoms with Gasteiger partial charge in [-0.1, -0.05) is 235 Å².